The summed E-state index contributed by atoms with van der Waals surface area (Å²) in [6.45, 7) is 5.42. The van der Waals surface area contributed by atoms with E-state index in [1.807, 2.05) is 43.3 Å². The van der Waals surface area contributed by atoms with Gasteiger partial charge in [-0.2, -0.15) is 0 Å². The Morgan fingerprint density at radius 3 is 2.86 bits per heavy atom. The van der Waals surface area contributed by atoms with Crippen LogP contribution < -0.4 is 4.74 Å². The van der Waals surface area contributed by atoms with Gasteiger partial charge in [-0.05, 0) is 31.2 Å². The first-order chi connectivity index (χ1) is 10.2. The lowest BCUT2D eigenvalue weighted by Crippen LogP contribution is -2.04. The number of rotatable bonds is 3. The molecule has 0 aliphatic rings. The van der Waals surface area contributed by atoms with Crippen LogP contribution in [0.4, 0.5) is 0 Å². The summed E-state index contributed by atoms with van der Waals surface area (Å²) in [4.78, 5) is 16.1. The smallest absolute Gasteiger partial charge is 0.335 e. The molecule has 3 rings (SSSR count). The van der Waals surface area contributed by atoms with Crippen LogP contribution in [0.3, 0.4) is 0 Å². The fourth-order valence-corrected chi connectivity index (χ4v) is 3.02. The first-order valence-electron chi connectivity index (χ1n) is 6.48. The minimum atomic E-state index is -0.471. The Labute approximate surface area is 126 Å². The molecule has 0 amide bonds. The Hall–Kier alpha value is -2.46. The number of fused-ring (bicyclic) bond motifs is 1. The van der Waals surface area contributed by atoms with E-state index in [1.165, 1.54) is 0 Å². The third-order valence-corrected chi connectivity index (χ3v) is 4.11. The monoisotopic (exact) mass is 295 g/mol. The van der Waals surface area contributed by atoms with E-state index in [1.54, 1.807) is 17.4 Å². The third kappa shape index (κ3) is 2.71. The second-order valence-corrected chi connectivity index (χ2v) is 5.64. The number of benzene rings is 2. The maximum absolute atomic E-state index is 11.5. The zero-order valence-electron chi connectivity index (χ0n) is 11.5. The van der Waals surface area contributed by atoms with Gasteiger partial charge < -0.3 is 4.74 Å². The highest BCUT2D eigenvalue weighted by atomic mass is 32.1. The number of hydrogen-bond donors (Lipinski definition) is 0. The Morgan fingerprint density at radius 1 is 1.29 bits per heavy atom. The van der Waals surface area contributed by atoms with Crippen LogP contribution in [0.1, 0.15) is 5.56 Å². The fraction of sp³-hybridized carbons (Fsp3) is 0.0588. The van der Waals surface area contributed by atoms with Crippen molar-refractivity contribution in [3.63, 3.8) is 0 Å². The maximum atomic E-state index is 11.5. The largest absolute Gasteiger partial charge is 0.423 e. The minimum Gasteiger partial charge on any atom is -0.423 e. The van der Waals surface area contributed by atoms with Gasteiger partial charge in [0.1, 0.15) is 10.8 Å². The van der Waals surface area contributed by atoms with Crippen LogP contribution in [0.2, 0.25) is 0 Å². The number of esters is 1. The normalized spacial score (nSPS) is 10.5. The highest BCUT2D eigenvalue weighted by Crippen LogP contribution is 2.36. The average Bonchev–Trinajstić information content (AvgIpc) is 2.92. The Balaban J connectivity index is 2.13. The standard InChI is InChI=1S/C17H13NO2S/c1-3-16(19)20-14-9-8-11(2)10-12(14)17-18-13-6-4-5-7-15(13)21-17/h3-10H,1H2,2H3. The van der Waals surface area contributed by atoms with Gasteiger partial charge in [0.25, 0.3) is 0 Å². The first-order valence-corrected chi connectivity index (χ1v) is 7.30. The number of aromatic nitrogens is 1. The molecule has 0 N–H and O–H groups in total. The molecule has 104 valence electrons. The fourth-order valence-electron chi connectivity index (χ4n) is 2.04. The van der Waals surface area contributed by atoms with Gasteiger partial charge >= 0.3 is 5.97 Å². The molecule has 0 atom stereocenters. The second-order valence-electron chi connectivity index (χ2n) is 4.61. The van der Waals surface area contributed by atoms with E-state index in [9.17, 15) is 4.79 Å². The number of thiazole rings is 1. The molecule has 2 aromatic carbocycles. The Morgan fingerprint density at radius 2 is 2.10 bits per heavy atom. The van der Waals surface area contributed by atoms with Gasteiger partial charge in [0.15, 0.2) is 0 Å². The second kappa shape index (κ2) is 5.50. The van der Waals surface area contributed by atoms with Crippen molar-refractivity contribution in [1.82, 2.24) is 4.98 Å². The molecular weight excluding hydrogens is 282 g/mol. The molecule has 0 aliphatic heterocycles. The number of carbonyl (C=O) groups is 1. The quantitative estimate of drug-likeness (QED) is 0.409. The summed E-state index contributed by atoms with van der Waals surface area (Å²) in [6.07, 6.45) is 1.15. The van der Waals surface area contributed by atoms with Gasteiger partial charge in [0, 0.05) is 6.08 Å². The summed E-state index contributed by atoms with van der Waals surface area (Å²) in [5.41, 5.74) is 2.86. The average molecular weight is 295 g/mol. The molecule has 0 radical (unpaired) electrons. The van der Waals surface area contributed by atoms with Gasteiger partial charge in [-0.1, -0.05) is 30.3 Å². The van der Waals surface area contributed by atoms with Crippen molar-refractivity contribution >= 4 is 27.5 Å². The van der Waals surface area contributed by atoms with E-state index in [2.05, 4.69) is 11.6 Å². The molecule has 3 aromatic rings. The molecule has 3 nitrogen and oxygen atoms in total. The molecular formula is C17H13NO2S. The number of aryl methyl sites for hydroxylation is 1. The number of para-hydroxylation sites is 1. The molecule has 0 spiro atoms. The maximum Gasteiger partial charge on any atom is 0.335 e. The molecule has 1 heterocycles. The predicted octanol–water partition coefficient (Wildman–Crippen LogP) is 4.36. The van der Waals surface area contributed by atoms with Crippen molar-refractivity contribution in [2.75, 3.05) is 0 Å². The van der Waals surface area contributed by atoms with Gasteiger partial charge in [0.2, 0.25) is 0 Å². The zero-order chi connectivity index (χ0) is 14.8. The molecule has 0 unspecified atom stereocenters. The van der Waals surface area contributed by atoms with Crippen molar-refractivity contribution in [3.05, 3.63) is 60.7 Å². The molecule has 1 aromatic heterocycles. The molecule has 4 heteroatoms. The highest BCUT2D eigenvalue weighted by molar-refractivity contribution is 7.21. The summed E-state index contributed by atoms with van der Waals surface area (Å²) in [6, 6.07) is 13.6. The summed E-state index contributed by atoms with van der Waals surface area (Å²) in [5, 5.41) is 0.840. The Bertz CT molecular complexity index is 803. The van der Waals surface area contributed by atoms with E-state index in [0.717, 1.165) is 32.4 Å². The van der Waals surface area contributed by atoms with Crippen molar-refractivity contribution < 1.29 is 9.53 Å². The van der Waals surface area contributed by atoms with Gasteiger partial charge in [-0.25, -0.2) is 9.78 Å². The van der Waals surface area contributed by atoms with Crippen LogP contribution in [0, 0.1) is 6.92 Å². The van der Waals surface area contributed by atoms with E-state index in [-0.39, 0.29) is 0 Å². The van der Waals surface area contributed by atoms with Crippen molar-refractivity contribution in [2.45, 2.75) is 6.92 Å². The van der Waals surface area contributed by atoms with Crippen LogP contribution in [0.15, 0.2) is 55.1 Å². The van der Waals surface area contributed by atoms with Crippen molar-refractivity contribution in [3.8, 4) is 16.3 Å². The predicted molar refractivity (Wildman–Crippen MR) is 85.6 cm³/mol. The number of nitrogens with zero attached hydrogens (tertiary/aromatic N) is 1. The van der Waals surface area contributed by atoms with Crippen LogP contribution in [-0.2, 0) is 4.79 Å². The highest BCUT2D eigenvalue weighted by Gasteiger charge is 2.13. The van der Waals surface area contributed by atoms with E-state index < -0.39 is 5.97 Å². The van der Waals surface area contributed by atoms with E-state index in [4.69, 9.17) is 4.74 Å². The summed E-state index contributed by atoms with van der Waals surface area (Å²) in [7, 11) is 0. The van der Waals surface area contributed by atoms with Crippen LogP contribution in [-0.4, -0.2) is 11.0 Å². The van der Waals surface area contributed by atoms with Crippen LogP contribution in [0.25, 0.3) is 20.8 Å². The molecule has 0 saturated heterocycles. The molecule has 21 heavy (non-hydrogen) atoms. The van der Waals surface area contributed by atoms with Gasteiger partial charge in [0.05, 0.1) is 15.8 Å². The van der Waals surface area contributed by atoms with E-state index >= 15 is 0 Å². The van der Waals surface area contributed by atoms with Gasteiger partial charge in [-0.3, -0.25) is 0 Å². The lowest BCUT2D eigenvalue weighted by molar-refractivity contribution is -0.128. The minimum absolute atomic E-state index is 0.471. The summed E-state index contributed by atoms with van der Waals surface area (Å²) < 4.78 is 6.42. The van der Waals surface area contributed by atoms with Crippen LogP contribution in [0.5, 0.6) is 5.75 Å². The Kier molecular flexibility index (Phi) is 3.54. The summed E-state index contributed by atoms with van der Waals surface area (Å²) >= 11 is 1.58. The summed E-state index contributed by atoms with van der Waals surface area (Å²) in [5.74, 6) is 0.0331. The lowest BCUT2D eigenvalue weighted by atomic mass is 10.1. The zero-order valence-corrected chi connectivity index (χ0v) is 12.3. The third-order valence-electron chi connectivity index (χ3n) is 3.04. The first kappa shape index (κ1) is 13.5. The molecule has 0 aliphatic carbocycles. The van der Waals surface area contributed by atoms with Crippen molar-refractivity contribution in [1.29, 1.82) is 0 Å². The molecule has 0 bridgehead atoms. The van der Waals surface area contributed by atoms with Crippen LogP contribution >= 0.6 is 11.3 Å². The lowest BCUT2D eigenvalue weighted by Gasteiger charge is -2.07. The number of hydrogen-bond acceptors (Lipinski definition) is 4. The SMILES string of the molecule is C=CC(=O)Oc1ccc(C)cc1-c1nc2ccccc2s1. The molecule has 0 saturated carbocycles. The number of ether oxygens (including phenoxy) is 1. The topological polar surface area (TPSA) is 39.2 Å². The molecule has 0 fully saturated rings. The van der Waals surface area contributed by atoms with Crippen molar-refractivity contribution in [2.24, 2.45) is 0 Å². The van der Waals surface area contributed by atoms with Gasteiger partial charge in [-0.15, -0.1) is 11.3 Å². The number of carbonyl (C=O) groups excluding carboxylic acids is 1. The van der Waals surface area contributed by atoms with E-state index in [0.29, 0.717) is 5.75 Å².